The highest BCUT2D eigenvalue weighted by atomic mass is 79.9. The van der Waals surface area contributed by atoms with Crippen LogP contribution in [-0.2, 0) is 0 Å². The van der Waals surface area contributed by atoms with Crippen molar-refractivity contribution in [3.05, 3.63) is 46.6 Å². The van der Waals surface area contributed by atoms with Gasteiger partial charge in [-0.25, -0.2) is 0 Å². The average Bonchev–Trinajstić information content (AvgIpc) is 3.05. The highest BCUT2D eigenvalue weighted by Crippen LogP contribution is 2.37. The van der Waals surface area contributed by atoms with Crippen LogP contribution in [0, 0.1) is 0 Å². The van der Waals surface area contributed by atoms with Crippen molar-refractivity contribution in [3.8, 4) is 22.6 Å². The van der Waals surface area contributed by atoms with Gasteiger partial charge in [0.1, 0.15) is 0 Å². The lowest BCUT2D eigenvalue weighted by molar-refractivity contribution is 0.435. The number of rotatable bonds is 3. The van der Waals surface area contributed by atoms with Crippen molar-refractivity contribution in [3.63, 3.8) is 0 Å². The lowest BCUT2D eigenvalue weighted by Crippen LogP contribution is -1.90. The Kier molecular flexibility index (Phi) is 3.59. The fraction of sp³-hybridized carbons (Fsp3) is 0.188. The molecule has 3 aromatic rings. The summed E-state index contributed by atoms with van der Waals surface area (Å²) < 4.78 is 11.3. The topological polar surface area (TPSA) is 65.2 Å². The van der Waals surface area contributed by atoms with Gasteiger partial charge in [0.2, 0.25) is 5.88 Å². The van der Waals surface area contributed by atoms with E-state index in [2.05, 4.69) is 47.1 Å². The Balaban J connectivity index is 2.08. The third-order valence-corrected chi connectivity index (χ3v) is 3.82. The molecule has 0 atom stereocenters. The maximum Gasteiger partial charge on any atom is 0.230 e. The van der Waals surface area contributed by atoms with E-state index in [0.717, 1.165) is 11.1 Å². The van der Waals surface area contributed by atoms with Crippen LogP contribution in [0.3, 0.4) is 0 Å². The first-order valence-corrected chi connectivity index (χ1v) is 7.46. The zero-order valence-electron chi connectivity index (χ0n) is 11.8. The monoisotopic (exact) mass is 346 g/mol. The second kappa shape index (κ2) is 5.41. The summed E-state index contributed by atoms with van der Waals surface area (Å²) >= 11 is 3.29. The van der Waals surface area contributed by atoms with E-state index in [1.165, 1.54) is 5.56 Å². The van der Waals surface area contributed by atoms with Crippen LogP contribution >= 0.6 is 15.9 Å². The zero-order valence-corrected chi connectivity index (χ0v) is 13.3. The number of nitrogens with two attached hydrogens (primary N) is 1. The molecule has 2 aromatic heterocycles. The number of anilines is 1. The molecule has 108 valence electrons. The van der Waals surface area contributed by atoms with Crippen LogP contribution in [0.15, 0.2) is 50.0 Å². The molecule has 2 heterocycles. The van der Waals surface area contributed by atoms with Gasteiger partial charge in [-0.2, -0.15) is 0 Å². The van der Waals surface area contributed by atoms with E-state index in [4.69, 9.17) is 14.7 Å². The molecule has 0 unspecified atom stereocenters. The summed E-state index contributed by atoms with van der Waals surface area (Å²) in [4.78, 5) is 0. The minimum absolute atomic E-state index is 0.287. The summed E-state index contributed by atoms with van der Waals surface area (Å²) in [5.74, 6) is 1.39. The molecule has 0 fully saturated rings. The lowest BCUT2D eigenvalue weighted by atomic mass is 9.98. The summed E-state index contributed by atoms with van der Waals surface area (Å²) in [6.45, 7) is 4.32. The molecule has 4 nitrogen and oxygen atoms in total. The van der Waals surface area contributed by atoms with Crippen LogP contribution in [0.1, 0.15) is 25.3 Å². The molecule has 2 N–H and O–H groups in total. The zero-order chi connectivity index (χ0) is 15.0. The number of aromatic nitrogens is 1. The van der Waals surface area contributed by atoms with Gasteiger partial charge in [0, 0.05) is 0 Å². The molecule has 0 aliphatic heterocycles. The van der Waals surface area contributed by atoms with Crippen LogP contribution in [0.4, 0.5) is 5.88 Å². The predicted octanol–water partition coefficient (Wildman–Crippen LogP) is 5.07. The van der Waals surface area contributed by atoms with E-state index in [9.17, 15) is 0 Å². The first-order valence-electron chi connectivity index (χ1n) is 6.67. The molecular formula is C16H15BrN2O2. The molecule has 21 heavy (non-hydrogen) atoms. The number of nitrogen functional groups attached to an aromatic ring is 1. The Hall–Kier alpha value is -2.01. The normalized spacial score (nSPS) is 11.2. The molecule has 0 saturated carbocycles. The van der Waals surface area contributed by atoms with E-state index in [-0.39, 0.29) is 5.88 Å². The SMILES string of the molecule is CC(C)c1ccc(-c2c(-c3ccc(Br)o3)noc2N)cc1. The van der Waals surface area contributed by atoms with Gasteiger partial charge < -0.3 is 14.7 Å². The maximum absolute atomic E-state index is 5.93. The Bertz CT molecular complexity index is 757. The van der Waals surface area contributed by atoms with Crippen molar-refractivity contribution >= 4 is 21.8 Å². The summed E-state index contributed by atoms with van der Waals surface area (Å²) in [6, 6.07) is 11.9. The van der Waals surface area contributed by atoms with Gasteiger partial charge in [0.15, 0.2) is 16.1 Å². The number of hydrogen-bond acceptors (Lipinski definition) is 4. The second-order valence-electron chi connectivity index (χ2n) is 5.15. The predicted molar refractivity (Wildman–Crippen MR) is 85.8 cm³/mol. The maximum atomic E-state index is 5.93. The van der Waals surface area contributed by atoms with Crippen molar-refractivity contribution in [1.82, 2.24) is 5.16 Å². The molecule has 0 amide bonds. The number of benzene rings is 1. The standard InChI is InChI=1S/C16H15BrN2O2/c1-9(2)10-3-5-11(6-4-10)14-15(19-21-16(14)18)12-7-8-13(17)20-12/h3-9H,18H2,1-2H3. The van der Waals surface area contributed by atoms with Gasteiger partial charge in [-0.1, -0.05) is 43.3 Å². The summed E-state index contributed by atoms with van der Waals surface area (Å²) in [7, 11) is 0. The molecule has 0 radical (unpaired) electrons. The molecule has 1 aromatic carbocycles. The van der Waals surface area contributed by atoms with E-state index in [0.29, 0.717) is 22.0 Å². The van der Waals surface area contributed by atoms with E-state index < -0.39 is 0 Å². The third-order valence-electron chi connectivity index (χ3n) is 3.39. The second-order valence-corrected chi connectivity index (χ2v) is 5.93. The van der Waals surface area contributed by atoms with Gasteiger partial charge in [0.05, 0.1) is 5.56 Å². The van der Waals surface area contributed by atoms with Crippen LogP contribution in [0.5, 0.6) is 0 Å². The number of halogens is 1. The molecule has 0 aliphatic rings. The van der Waals surface area contributed by atoms with E-state index in [1.807, 2.05) is 24.3 Å². The van der Waals surface area contributed by atoms with Crippen LogP contribution < -0.4 is 5.73 Å². The minimum atomic E-state index is 0.287. The van der Waals surface area contributed by atoms with Crippen molar-refractivity contribution in [2.75, 3.05) is 5.73 Å². The van der Waals surface area contributed by atoms with Gasteiger partial charge >= 0.3 is 0 Å². The van der Waals surface area contributed by atoms with Crippen molar-refractivity contribution in [2.24, 2.45) is 0 Å². The highest BCUT2D eigenvalue weighted by molar-refractivity contribution is 9.10. The van der Waals surface area contributed by atoms with Crippen LogP contribution in [0.25, 0.3) is 22.6 Å². The Morgan fingerprint density at radius 1 is 1.10 bits per heavy atom. The molecule has 0 spiro atoms. The van der Waals surface area contributed by atoms with Gasteiger partial charge in [-0.05, 0) is 45.1 Å². The quantitative estimate of drug-likeness (QED) is 0.718. The van der Waals surface area contributed by atoms with Crippen LogP contribution in [-0.4, -0.2) is 5.16 Å². The lowest BCUT2D eigenvalue weighted by Gasteiger charge is -2.06. The largest absolute Gasteiger partial charge is 0.448 e. The van der Waals surface area contributed by atoms with Crippen molar-refractivity contribution in [1.29, 1.82) is 0 Å². The molecular weight excluding hydrogens is 332 g/mol. The molecule has 3 rings (SSSR count). The molecule has 5 heteroatoms. The fourth-order valence-corrected chi connectivity index (χ4v) is 2.53. The fourth-order valence-electron chi connectivity index (χ4n) is 2.23. The Morgan fingerprint density at radius 3 is 2.38 bits per heavy atom. The summed E-state index contributed by atoms with van der Waals surface area (Å²) in [6.07, 6.45) is 0. The Labute approximate surface area is 131 Å². The number of furan rings is 1. The number of nitrogens with zero attached hydrogens (tertiary/aromatic N) is 1. The van der Waals surface area contributed by atoms with Gasteiger partial charge in [-0.15, -0.1) is 0 Å². The molecule has 0 saturated heterocycles. The first-order chi connectivity index (χ1) is 10.1. The summed E-state index contributed by atoms with van der Waals surface area (Å²) in [5, 5.41) is 4.02. The van der Waals surface area contributed by atoms with E-state index >= 15 is 0 Å². The van der Waals surface area contributed by atoms with Crippen LogP contribution in [0.2, 0.25) is 0 Å². The van der Waals surface area contributed by atoms with Crippen molar-refractivity contribution < 1.29 is 8.94 Å². The highest BCUT2D eigenvalue weighted by Gasteiger charge is 2.20. The van der Waals surface area contributed by atoms with Gasteiger partial charge in [0.25, 0.3) is 0 Å². The first kappa shape index (κ1) is 13.9. The smallest absolute Gasteiger partial charge is 0.230 e. The van der Waals surface area contributed by atoms with E-state index in [1.54, 1.807) is 0 Å². The van der Waals surface area contributed by atoms with Crippen molar-refractivity contribution in [2.45, 2.75) is 19.8 Å². The van der Waals surface area contributed by atoms with Gasteiger partial charge in [-0.3, -0.25) is 0 Å². The average molecular weight is 347 g/mol. The minimum Gasteiger partial charge on any atom is -0.448 e. The molecule has 0 bridgehead atoms. The Morgan fingerprint density at radius 2 is 1.81 bits per heavy atom. The molecule has 0 aliphatic carbocycles. The summed E-state index contributed by atoms with van der Waals surface area (Å²) in [5.41, 5.74) is 9.53. The third kappa shape index (κ3) is 2.61. The number of hydrogen-bond donors (Lipinski definition) is 1.